The van der Waals surface area contributed by atoms with Gasteiger partial charge in [-0.3, -0.25) is 0 Å². The molecule has 0 aromatic rings. The maximum atomic E-state index is 5.41. The molecule has 1 unspecified atom stereocenters. The van der Waals surface area contributed by atoms with Gasteiger partial charge < -0.3 is 9.47 Å². The first kappa shape index (κ1) is 13.4. The first-order valence-electron chi connectivity index (χ1n) is 5.02. The molecule has 0 aliphatic heterocycles. The van der Waals surface area contributed by atoms with E-state index in [-0.39, 0.29) is 0 Å². The molecule has 0 aliphatic rings. The lowest BCUT2D eigenvalue weighted by molar-refractivity contribution is 0.0481. The summed E-state index contributed by atoms with van der Waals surface area (Å²) >= 11 is 3.43. The molecule has 3 heteroatoms. The number of hydrogen-bond donors (Lipinski definition) is 0. The number of hydrogen-bond acceptors (Lipinski definition) is 2. The van der Waals surface area contributed by atoms with E-state index in [1.54, 1.807) is 0 Å². The summed E-state index contributed by atoms with van der Waals surface area (Å²) in [5, 5.41) is 1.09. The van der Waals surface area contributed by atoms with Gasteiger partial charge in [0.05, 0.1) is 13.2 Å². The summed E-state index contributed by atoms with van der Waals surface area (Å²) in [7, 11) is 0. The molecule has 0 spiro atoms. The lowest BCUT2D eigenvalue weighted by Crippen LogP contribution is -2.07. The first-order valence-corrected chi connectivity index (χ1v) is 6.14. The van der Waals surface area contributed by atoms with Gasteiger partial charge in [0, 0.05) is 18.5 Å². The van der Waals surface area contributed by atoms with Crippen LogP contribution in [0, 0.1) is 5.92 Å². The molecule has 0 fully saturated rings. The Morgan fingerprint density at radius 3 is 2.38 bits per heavy atom. The van der Waals surface area contributed by atoms with Gasteiger partial charge in [0.1, 0.15) is 0 Å². The van der Waals surface area contributed by atoms with Gasteiger partial charge in [-0.25, -0.2) is 0 Å². The fourth-order valence-corrected chi connectivity index (χ4v) is 1.76. The van der Waals surface area contributed by atoms with Crippen LogP contribution in [0.3, 0.4) is 0 Å². The van der Waals surface area contributed by atoms with Crippen LogP contribution in [-0.4, -0.2) is 31.8 Å². The molecule has 0 N–H and O–H groups in total. The molecule has 0 bridgehead atoms. The topological polar surface area (TPSA) is 18.5 Å². The molecule has 80 valence electrons. The van der Waals surface area contributed by atoms with Gasteiger partial charge in [-0.05, 0) is 25.7 Å². The molecule has 0 aliphatic carbocycles. The van der Waals surface area contributed by atoms with Crippen molar-refractivity contribution < 1.29 is 9.47 Å². The van der Waals surface area contributed by atoms with E-state index in [2.05, 4.69) is 22.9 Å². The fourth-order valence-electron chi connectivity index (χ4n) is 0.979. The SMILES string of the molecule is CCOCCOCCC(C)CCBr. The second-order valence-corrected chi connectivity index (χ2v) is 3.97. The van der Waals surface area contributed by atoms with Crippen LogP contribution < -0.4 is 0 Å². The second kappa shape index (κ2) is 10.5. The van der Waals surface area contributed by atoms with E-state index in [4.69, 9.17) is 9.47 Å². The summed E-state index contributed by atoms with van der Waals surface area (Å²) in [5.41, 5.74) is 0. The van der Waals surface area contributed by atoms with Gasteiger partial charge in [0.2, 0.25) is 0 Å². The molecule has 0 saturated heterocycles. The van der Waals surface area contributed by atoms with Crippen molar-refractivity contribution in [2.24, 2.45) is 5.92 Å². The predicted molar refractivity (Wildman–Crippen MR) is 59.5 cm³/mol. The maximum absolute atomic E-state index is 5.41. The zero-order chi connectivity index (χ0) is 9.94. The molecule has 2 nitrogen and oxygen atoms in total. The Balaban J connectivity index is 2.97. The zero-order valence-electron chi connectivity index (χ0n) is 8.72. The molecule has 0 aromatic heterocycles. The van der Waals surface area contributed by atoms with Gasteiger partial charge in [-0.1, -0.05) is 22.9 Å². The van der Waals surface area contributed by atoms with Crippen molar-refractivity contribution in [3.63, 3.8) is 0 Å². The van der Waals surface area contributed by atoms with Crippen molar-refractivity contribution in [3.05, 3.63) is 0 Å². The number of ether oxygens (including phenoxy) is 2. The van der Waals surface area contributed by atoms with Crippen LogP contribution in [0.25, 0.3) is 0 Å². The van der Waals surface area contributed by atoms with E-state index in [1.807, 2.05) is 6.92 Å². The standard InChI is InChI=1S/C10H21BrO2/c1-3-12-8-9-13-7-5-10(2)4-6-11/h10H,3-9H2,1-2H3. The van der Waals surface area contributed by atoms with E-state index < -0.39 is 0 Å². The summed E-state index contributed by atoms with van der Waals surface area (Å²) in [6.45, 7) is 7.36. The Kier molecular flexibility index (Phi) is 10.8. The third kappa shape index (κ3) is 10.3. The highest BCUT2D eigenvalue weighted by molar-refractivity contribution is 9.09. The largest absolute Gasteiger partial charge is 0.379 e. The quantitative estimate of drug-likeness (QED) is 0.464. The van der Waals surface area contributed by atoms with Crippen LogP contribution in [0.2, 0.25) is 0 Å². The van der Waals surface area contributed by atoms with E-state index in [0.29, 0.717) is 0 Å². The highest BCUT2D eigenvalue weighted by Gasteiger charge is 2.00. The highest BCUT2D eigenvalue weighted by atomic mass is 79.9. The fraction of sp³-hybridized carbons (Fsp3) is 1.00. The van der Waals surface area contributed by atoms with E-state index in [0.717, 1.165) is 44.1 Å². The van der Waals surface area contributed by atoms with Gasteiger partial charge >= 0.3 is 0 Å². The van der Waals surface area contributed by atoms with Crippen molar-refractivity contribution in [3.8, 4) is 0 Å². The summed E-state index contributed by atoms with van der Waals surface area (Å²) in [6, 6.07) is 0. The number of rotatable bonds is 9. The Hall–Kier alpha value is 0.400. The van der Waals surface area contributed by atoms with Crippen LogP contribution >= 0.6 is 15.9 Å². The molecule has 1 atom stereocenters. The predicted octanol–water partition coefficient (Wildman–Crippen LogP) is 2.85. The van der Waals surface area contributed by atoms with E-state index >= 15 is 0 Å². The van der Waals surface area contributed by atoms with E-state index in [1.165, 1.54) is 6.42 Å². The molecular weight excluding hydrogens is 232 g/mol. The lowest BCUT2D eigenvalue weighted by Gasteiger charge is -2.09. The molecule has 0 heterocycles. The summed E-state index contributed by atoms with van der Waals surface area (Å²) in [4.78, 5) is 0. The number of halogens is 1. The van der Waals surface area contributed by atoms with Gasteiger partial charge in [-0.15, -0.1) is 0 Å². The first-order chi connectivity index (χ1) is 6.31. The molecule has 0 rings (SSSR count). The molecule has 13 heavy (non-hydrogen) atoms. The minimum atomic E-state index is 0.726. The molecule has 0 radical (unpaired) electrons. The van der Waals surface area contributed by atoms with Crippen LogP contribution in [-0.2, 0) is 9.47 Å². The van der Waals surface area contributed by atoms with Gasteiger partial charge in [0.15, 0.2) is 0 Å². The third-order valence-corrected chi connectivity index (χ3v) is 2.39. The smallest absolute Gasteiger partial charge is 0.0700 e. The second-order valence-electron chi connectivity index (χ2n) is 3.18. The average Bonchev–Trinajstić information content (AvgIpc) is 2.11. The minimum Gasteiger partial charge on any atom is -0.379 e. The summed E-state index contributed by atoms with van der Waals surface area (Å²) in [5.74, 6) is 0.756. The third-order valence-electron chi connectivity index (χ3n) is 1.93. The lowest BCUT2D eigenvalue weighted by atomic mass is 10.1. The maximum Gasteiger partial charge on any atom is 0.0700 e. The van der Waals surface area contributed by atoms with Gasteiger partial charge in [-0.2, -0.15) is 0 Å². The van der Waals surface area contributed by atoms with Crippen molar-refractivity contribution in [1.29, 1.82) is 0 Å². The monoisotopic (exact) mass is 252 g/mol. The van der Waals surface area contributed by atoms with Crippen LogP contribution in [0.4, 0.5) is 0 Å². The average molecular weight is 253 g/mol. The molecule has 0 aromatic carbocycles. The van der Waals surface area contributed by atoms with Crippen molar-refractivity contribution in [2.45, 2.75) is 26.7 Å². The zero-order valence-corrected chi connectivity index (χ0v) is 10.3. The van der Waals surface area contributed by atoms with E-state index in [9.17, 15) is 0 Å². The number of alkyl halides is 1. The molecular formula is C10H21BrO2. The Bertz CT molecular complexity index is 98.9. The molecule has 0 saturated carbocycles. The van der Waals surface area contributed by atoms with Crippen LogP contribution in [0.5, 0.6) is 0 Å². The summed E-state index contributed by atoms with van der Waals surface area (Å²) < 4.78 is 10.6. The Morgan fingerprint density at radius 1 is 1.08 bits per heavy atom. The van der Waals surface area contributed by atoms with Gasteiger partial charge in [0.25, 0.3) is 0 Å². The molecule has 0 amide bonds. The van der Waals surface area contributed by atoms with Crippen molar-refractivity contribution in [2.75, 3.05) is 31.8 Å². The normalized spacial score (nSPS) is 13.2. The van der Waals surface area contributed by atoms with Crippen LogP contribution in [0.15, 0.2) is 0 Å². The minimum absolute atomic E-state index is 0.726. The Labute approximate surface area is 90.1 Å². The van der Waals surface area contributed by atoms with Crippen LogP contribution in [0.1, 0.15) is 26.7 Å². The highest BCUT2D eigenvalue weighted by Crippen LogP contribution is 2.08. The van der Waals surface area contributed by atoms with Crippen molar-refractivity contribution in [1.82, 2.24) is 0 Å². The Morgan fingerprint density at radius 2 is 1.77 bits per heavy atom. The van der Waals surface area contributed by atoms with Crippen molar-refractivity contribution >= 4 is 15.9 Å². The summed E-state index contributed by atoms with van der Waals surface area (Å²) in [6.07, 6.45) is 2.38.